The zero-order valence-electron chi connectivity index (χ0n) is 11.1. The van der Waals surface area contributed by atoms with Crippen LogP contribution in [0, 0.1) is 0 Å². The number of halogens is 4. The first kappa shape index (κ1) is 17.7. The standard InChI is InChI=1S/C12H14Cl2F2N2O3/c1-18(2-3-19)12(20)17-6-7-4-8(13)5-9(14)10(7)21-11(15)16/h4-5,11,19H,2-3,6H2,1H3,(H,17,20). The number of amides is 2. The van der Waals surface area contributed by atoms with Crippen LogP contribution in [0.2, 0.25) is 10.0 Å². The fraction of sp³-hybridized carbons (Fsp3) is 0.417. The van der Waals surface area contributed by atoms with Crippen molar-refractivity contribution in [3.05, 3.63) is 27.7 Å². The lowest BCUT2D eigenvalue weighted by Gasteiger charge is -2.18. The Balaban J connectivity index is 2.84. The Morgan fingerprint density at radius 3 is 2.71 bits per heavy atom. The minimum Gasteiger partial charge on any atom is -0.433 e. The van der Waals surface area contributed by atoms with Crippen molar-refractivity contribution in [2.45, 2.75) is 13.2 Å². The first-order valence-corrected chi connectivity index (χ1v) is 6.63. The molecule has 0 aliphatic heterocycles. The molecule has 2 amide bonds. The normalized spacial score (nSPS) is 10.6. The van der Waals surface area contributed by atoms with Gasteiger partial charge in [-0.05, 0) is 12.1 Å². The monoisotopic (exact) mass is 342 g/mol. The highest BCUT2D eigenvalue weighted by molar-refractivity contribution is 6.35. The molecule has 0 spiro atoms. The van der Waals surface area contributed by atoms with Gasteiger partial charge in [-0.1, -0.05) is 23.2 Å². The van der Waals surface area contributed by atoms with Gasteiger partial charge in [-0.25, -0.2) is 4.79 Å². The van der Waals surface area contributed by atoms with Crippen LogP contribution in [0.1, 0.15) is 5.56 Å². The maximum absolute atomic E-state index is 12.4. The molecule has 0 aliphatic carbocycles. The molecule has 2 N–H and O–H groups in total. The van der Waals surface area contributed by atoms with Crippen molar-refractivity contribution < 1.29 is 23.4 Å². The van der Waals surface area contributed by atoms with E-state index in [9.17, 15) is 13.6 Å². The molecule has 0 unspecified atom stereocenters. The zero-order valence-corrected chi connectivity index (χ0v) is 12.6. The summed E-state index contributed by atoms with van der Waals surface area (Å²) in [5, 5.41) is 11.4. The van der Waals surface area contributed by atoms with Crippen molar-refractivity contribution in [3.8, 4) is 5.75 Å². The predicted octanol–water partition coefficient (Wildman–Crippen LogP) is 2.73. The Hall–Kier alpha value is -1.31. The molecule has 0 saturated heterocycles. The third-order valence-corrected chi connectivity index (χ3v) is 3.00. The van der Waals surface area contributed by atoms with Crippen molar-refractivity contribution in [1.82, 2.24) is 10.2 Å². The molecule has 21 heavy (non-hydrogen) atoms. The molecule has 0 saturated carbocycles. The number of likely N-dealkylation sites (N-methyl/N-ethyl adjacent to an activating group) is 1. The number of hydrogen-bond acceptors (Lipinski definition) is 3. The molecule has 0 radical (unpaired) electrons. The highest BCUT2D eigenvalue weighted by Gasteiger charge is 2.16. The second-order valence-corrected chi connectivity index (χ2v) is 4.90. The van der Waals surface area contributed by atoms with E-state index >= 15 is 0 Å². The zero-order chi connectivity index (χ0) is 16.0. The quantitative estimate of drug-likeness (QED) is 0.835. The summed E-state index contributed by atoms with van der Waals surface area (Å²) in [7, 11) is 1.48. The lowest BCUT2D eigenvalue weighted by molar-refractivity contribution is -0.0504. The Morgan fingerprint density at radius 2 is 2.14 bits per heavy atom. The summed E-state index contributed by atoms with van der Waals surface area (Å²) in [5.41, 5.74) is 0.221. The molecule has 0 aliphatic rings. The molecule has 9 heteroatoms. The number of rotatable bonds is 6. The molecule has 5 nitrogen and oxygen atoms in total. The van der Waals surface area contributed by atoms with Crippen LogP contribution in [0.4, 0.5) is 13.6 Å². The van der Waals surface area contributed by atoms with Gasteiger partial charge in [0.15, 0.2) is 0 Å². The smallest absolute Gasteiger partial charge is 0.387 e. The fourth-order valence-corrected chi connectivity index (χ4v) is 2.10. The molecule has 0 heterocycles. The molecule has 0 fully saturated rings. The van der Waals surface area contributed by atoms with Gasteiger partial charge in [-0.15, -0.1) is 0 Å². The summed E-state index contributed by atoms with van der Waals surface area (Å²) < 4.78 is 29.1. The van der Waals surface area contributed by atoms with Crippen LogP contribution in [0.5, 0.6) is 5.75 Å². The van der Waals surface area contributed by atoms with Crippen molar-refractivity contribution in [2.75, 3.05) is 20.2 Å². The third kappa shape index (κ3) is 5.53. The lowest BCUT2D eigenvalue weighted by atomic mass is 10.2. The number of aliphatic hydroxyl groups is 1. The number of carbonyl (C=O) groups excluding carboxylic acids is 1. The van der Waals surface area contributed by atoms with E-state index in [0.717, 1.165) is 0 Å². The first-order chi connectivity index (χ1) is 9.85. The van der Waals surface area contributed by atoms with Gasteiger partial charge >= 0.3 is 12.6 Å². The van der Waals surface area contributed by atoms with E-state index in [1.165, 1.54) is 24.1 Å². The van der Waals surface area contributed by atoms with E-state index < -0.39 is 12.6 Å². The molecule has 0 aromatic heterocycles. The van der Waals surface area contributed by atoms with Crippen molar-refractivity contribution in [3.63, 3.8) is 0 Å². The van der Waals surface area contributed by atoms with E-state index in [1.807, 2.05) is 0 Å². The van der Waals surface area contributed by atoms with E-state index in [0.29, 0.717) is 0 Å². The SMILES string of the molecule is CN(CCO)C(=O)NCc1cc(Cl)cc(Cl)c1OC(F)F. The number of ether oxygens (including phenoxy) is 1. The Bertz CT molecular complexity index is 504. The molecular formula is C12H14Cl2F2N2O3. The van der Waals surface area contributed by atoms with Crippen molar-refractivity contribution in [2.24, 2.45) is 0 Å². The molecular weight excluding hydrogens is 329 g/mol. The molecule has 1 aromatic carbocycles. The van der Waals surface area contributed by atoms with Gasteiger partial charge in [0.1, 0.15) is 5.75 Å². The van der Waals surface area contributed by atoms with Gasteiger partial charge in [-0.3, -0.25) is 0 Å². The molecule has 1 aromatic rings. The number of urea groups is 1. The number of nitrogens with one attached hydrogen (secondary N) is 1. The Morgan fingerprint density at radius 1 is 1.48 bits per heavy atom. The average Bonchev–Trinajstić information content (AvgIpc) is 2.39. The van der Waals surface area contributed by atoms with Gasteiger partial charge in [0.2, 0.25) is 0 Å². The van der Waals surface area contributed by atoms with Gasteiger partial charge in [0.05, 0.1) is 11.6 Å². The van der Waals surface area contributed by atoms with E-state index in [-0.39, 0.29) is 41.1 Å². The fourth-order valence-electron chi connectivity index (χ4n) is 1.52. The van der Waals surface area contributed by atoms with E-state index in [4.69, 9.17) is 28.3 Å². The lowest BCUT2D eigenvalue weighted by Crippen LogP contribution is -2.38. The predicted molar refractivity (Wildman–Crippen MR) is 75.0 cm³/mol. The van der Waals surface area contributed by atoms with E-state index in [1.54, 1.807) is 0 Å². The van der Waals surface area contributed by atoms with Crippen LogP contribution in [0.3, 0.4) is 0 Å². The number of aliphatic hydroxyl groups excluding tert-OH is 1. The second-order valence-electron chi connectivity index (χ2n) is 4.06. The summed E-state index contributed by atoms with van der Waals surface area (Å²) in [6.45, 7) is -3.19. The number of benzene rings is 1. The number of carbonyl (C=O) groups is 1. The molecule has 1 rings (SSSR count). The Labute approximate surface area is 130 Å². The summed E-state index contributed by atoms with van der Waals surface area (Å²) in [4.78, 5) is 12.9. The van der Waals surface area contributed by atoms with Gasteiger partial charge in [-0.2, -0.15) is 8.78 Å². The van der Waals surface area contributed by atoms with E-state index in [2.05, 4.69) is 10.1 Å². The van der Waals surface area contributed by atoms with Gasteiger partial charge in [0.25, 0.3) is 0 Å². The number of hydrogen-bond donors (Lipinski definition) is 2. The Kier molecular flexibility index (Phi) is 6.94. The van der Waals surface area contributed by atoms with Crippen LogP contribution in [0.25, 0.3) is 0 Å². The minimum atomic E-state index is -3.05. The third-order valence-electron chi connectivity index (χ3n) is 2.50. The molecule has 0 bridgehead atoms. The first-order valence-electron chi connectivity index (χ1n) is 5.87. The maximum atomic E-state index is 12.4. The van der Waals surface area contributed by atoms with Crippen LogP contribution >= 0.6 is 23.2 Å². The van der Waals surface area contributed by atoms with Gasteiger partial charge in [0, 0.05) is 30.7 Å². The highest BCUT2D eigenvalue weighted by atomic mass is 35.5. The minimum absolute atomic E-state index is 0.0734. The average molecular weight is 343 g/mol. The number of nitrogens with zero attached hydrogens (tertiary/aromatic N) is 1. The topological polar surface area (TPSA) is 61.8 Å². The summed E-state index contributed by atoms with van der Waals surface area (Å²) >= 11 is 11.6. The van der Waals surface area contributed by atoms with Crippen LogP contribution in [-0.2, 0) is 6.54 Å². The van der Waals surface area contributed by atoms with Crippen molar-refractivity contribution in [1.29, 1.82) is 0 Å². The molecule has 118 valence electrons. The van der Waals surface area contributed by atoms with Crippen LogP contribution < -0.4 is 10.1 Å². The largest absolute Gasteiger partial charge is 0.433 e. The summed E-state index contributed by atoms with van der Waals surface area (Å²) in [5.74, 6) is -0.235. The van der Waals surface area contributed by atoms with Crippen molar-refractivity contribution >= 4 is 29.2 Å². The van der Waals surface area contributed by atoms with Crippen LogP contribution in [-0.4, -0.2) is 42.8 Å². The highest BCUT2D eigenvalue weighted by Crippen LogP contribution is 2.33. The maximum Gasteiger partial charge on any atom is 0.387 e. The second kappa shape index (κ2) is 8.21. The van der Waals surface area contributed by atoms with Crippen LogP contribution in [0.15, 0.2) is 12.1 Å². The molecule has 0 atom stereocenters. The summed E-state index contributed by atoms with van der Waals surface area (Å²) in [6, 6.07) is 2.16. The summed E-state index contributed by atoms with van der Waals surface area (Å²) in [6.07, 6.45) is 0. The van der Waals surface area contributed by atoms with Gasteiger partial charge < -0.3 is 20.1 Å². The number of alkyl halides is 2.